The van der Waals surface area contributed by atoms with Gasteiger partial charge < -0.3 is 19.4 Å². The molecule has 192 valence electrons. The topological polar surface area (TPSA) is 49.9 Å². The lowest BCUT2D eigenvalue weighted by atomic mass is 9.95. The van der Waals surface area contributed by atoms with Crippen molar-refractivity contribution in [2.24, 2.45) is 4.99 Å². The van der Waals surface area contributed by atoms with E-state index in [9.17, 15) is 0 Å². The maximum absolute atomic E-state index is 5.39. The number of ether oxygens (including phenoxy) is 2. The number of allylic oxidation sites excluding steroid dienone is 2. The summed E-state index contributed by atoms with van der Waals surface area (Å²) in [6, 6.07) is 27.1. The van der Waals surface area contributed by atoms with E-state index in [-0.39, 0.29) is 0 Å². The van der Waals surface area contributed by atoms with Crippen molar-refractivity contribution < 1.29 is 9.47 Å². The Bertz CT molecular complexity index is 1490. The monoisotopic (exact) mass is 503 g/mol. The first-order valence-corrected chi connectivity index (χ1v) is 12.7. The van der Waals surface area contributed by atoms with Crippen LogP contribution in [-0.4, -0.2) is 24.9 Å². The number of anilines is 3. The van der Waals surface area contributed by atoms with E-state index >= 15 is 0 Å². The van der Waals surface area contributed by atoms with E-state index in [1.165, 1.54) is 11.1 Å². The summed E-state index contributed by atoms with van der Waals surface area (Å²) in [6.07, 6.45) is 2.14. The summed E-state index contributed by atoms with van der Waals surface area (Å²) in [4.78, 5) is 10.7. The van der Waals surface area contributed by atoms with Crippen LogP contribution in [0.2, 0.25) is 0 Å². The van der Waals surface area contributed by atoms with E-state index in [1.807, 2.05) is 31.2 Å². The fraction of sp³-hybridized carbons (Fsp3) is 0.182. The lowest BCUT2D eigenvalue weighted by Crippen LogP contribution is -2.10. The molecule has 0 radical (unpaired) electrons. The second-order valence-electron chi connectivity index (χ2n) is 9.59. The molecule has 0 amide bonds. The van der Waals surface area contributed by atoms with Crippen LogP contribution in [0.4, 0.5) is 17.1 Å². The van der Waals surface area contributed by atoms with Crippen molar-refractivity contribution in [1.29, 1.82) is 0 Å². The first-order valence-electron chi connectivity index (χ1n) is 12.7. The minimum atomic E-state index is 0.822. The standard InChI is InChI=1S/C33H33N3O2/c1-21-19-23(3)34-32(21)31(33-22(2)20-24(4)35-33)25-7-9-26(10-8-25)36(27-11-15-29(37-5)16-12-27)28-13-17-30(38-6)18-14-28/h7-20,34H,1-6H3/b33-31-. The van der Waals surface area contributed by atoms with Gasteiger partial charge in [-0.05, 0) is 117 Å². The first kappa shape index (κ1) is 25.2. The molecule has 0 atom stereocenters. The number of aliphatic imine (C=N–C) groups is 1. The smallest absolute Gasteiger partial charge is 0.119 e. The van der Waals surface area contributed by atoms with Gasteiger partial charge in [0.05, 0.1) is 25.6 Å². The van der Waals surface area contributed by atoms with Crippen LogP contribution in [0.1, 0.15) is 36.4 Å². The highest BCUT2D eigenvalue weighted by Crippen LogP contribution is 2.39. The predicted octanol–water partition coefficient (Wildman–Crippen LogP) is 8.30. The molecule has 0 bridgehead atoms. The number of aromatic nitrogens is 1. The zero-order valence-corrected chi connectivity index (χ0v) is 22.8. The third-order valence-corrected chi connectivity index (χ3v) is 6.80. The van der Waals surface area contributed by atoms with Gasteiger partial charge in [-0.15, -0.1) is 0 Å². The fourth-order valence-corrected chi connectivity index (χ4v) is 5.01. The average molecular weight is 504 g/mol. The number of nitrogens with zero attached hydrogens (tertiary/aromatic N) is 2. The minimum Gasteiger partial charge on any atom is -0.497 e. The van der Waals surface area contributed by atoms with Gasteiger partial charge in [0.1, 0.15) is 11.5 Å². The van der Waals surface area contributed by atoms with Gasteiger partial charge in [-0.25, -0.2) is 0 Å². The highest BCUT2D eigenvalue weighted by molar-refractivity contribution is 6.01. The number of hydrogen-bond donors (Lipinski definition) is 1. The molecule has 5 nitrogen and oxygen atoms in total. The van der Waals surface area contributed by atoms with Crippen molar-refractivity contribution in [3.8, 4) is 11.5 Å². The summed E-state index contributed by atoms with van der Waals surface area (Å²) in [6.45, 7) is 8.41. The molecule has 2 heterocycles. The van der Waals surface area contributed by atoms with Crippen LogP contribution in [0.25, 0.3) is 5.57 Å². The lowest BCUT2D eigenvalue weighted by molar-refractivity contribution is 0.415. The summed E-state index contributed by atoms with van der Waals surface area (Å²) in [5.41, 5.74) is 12.0. The van der Waals surface area contributed by atoms with Gasteiger partial charge in [0, 0.05) is 34.0 Å². The minimum absolute atomic E-state index is 0.822. The zero-order valence-electron chi connectivity index (χ0n) is 22.8. The van der Waals surface area contributed by atoms with Crippen LogP contribution < -0.4 is 14.4 Å². The summed E-state index contributed by atoms with van der Waals surface area (Å²) < 4.78 is 10.8. The number of benzene rings is 3. The molecule has 5 heteroatoms. The van der Waals surface area contributed by atoms with Gasteiger partial charge in [-0.2, -0.15) is 0 Å². The molecule has 0 aliphatic carbocycles. The third kappa shape index (κ3) is 4.88. The molecule has 38 heavy (non-hydrogen) atoms. The largest absolute Gasteiger partial charge is 0.497 e. The normalized spacial score (nSPS) is 14.2. The molecule has 0 unspecified atom stereocenters. The lowest BCUT2D eigenvalue weighted by Gasteiger charge is -2.26. The molecule has 0 fully saturated rings. The Balaban J connectivity index is 1.62. The summed E-state index contributed by atoms with van der Waals surface area (Å²) in [5, 5.41) is 0. The Morgan fingerprint density at radius 1 is 0.711 bits per heavy atom. The number of rotatable bonds is 7. The highest BCUT2D eigenvalue weighted by Gasteiger charge is 2.21. The van der Waals surface area contributed by atoms with Gasteiger partial charge in [-0.1, -0.05) is 12.1 Å². The molecule has 4 aromatic rings. The molecule has 0 spiro atoms. The van der Waals surface area contributed by atoms with E-state index in [1.54, 1.807) is 14.2 Å². The number of methoxy groups -OCH3 is 2. The maximum atomic E-state index is 5.39. The molecule has 5 rings (SSSR count). The Morgan fingerprint density at radius 3 is 1.61 bits per heavy atom. The van der Waals surface area contributed by atoms with Gasteiger partial charge in [0.15, 0.2) is 0 Å². The van der Waals surface area contributed by atoms with E-state index in [2.05, 4.69) is 91.3 Å². The molecule has 1 aliphatic rings. The van der Waals surface area contributed by atoms with Crippen LogP contribution in [-0.2, 0) is 0 Å². The van der Waals surface area contributed by atoms with E-state index in [4.69, 9.17) is 14.5 Å². The van der Waals surface area contributed by atoms with Crippen molar-refractivity contribution in [1.82, 2.24) is 4.98 Å². The van der Waals surface area contributed by atoms with E-state index in [0.717, 1.165) is 62.5 Å². The highest BCUT2D eigenvalue weighted by atomic mass is 16.5. The van der Waals surface area contributed by atoms with Gasteiger partial charge in [0.2, 0.25) is 0 Å². The quantitative estimate of drug-likeness (QED) is 0.276. The van der Waals surface area contributed by atoms with Crippen molar-refractivity contribution in [3.63, 3.8) is 0 Å². The van der Waals surface area contributed by atoms with Crippen LogP contribution in [0, 0.1) is 13.8 Å². The van der Waals surface area contributed by atoms with E-state index < -0.39 is 0 Å². The second kappa shape index (κ2) is 10.5. The zero-order chi connectivity index (χ0) is 26.8. The van der Waals surface area contributed by atoms with Crippen LogP contribution in [0.5, 0.6) is 11.5 Å². The van der Waals surface area contributed by atoms with Gasteiger partial charge >= 0.3 is 0 Å². The fourth-order valence-electron chi connectivity index (χ4n) is 5.01. The molecule has 1 aromatic heterocycles. The van der Waals surface area contributed by atoms with Crippen molar-refractivity contribution in [2.75, 3.05) is 19.1 Å². The SMILES string of the molecule is COc1ccc(N(c2ccc(OC)cc2)c2ccc(/C(=C3/N=C(C)C=C3C)c3[nH]c(C)cc3C)cc2)cc1. The van der Waals surface area contributed by atoms with Crippen molar-refractivity contribution in [2.45, 2.75) is 27.7 Å². The number of hydrogen-bond acceptors (Lipinski definition) is 4. The molecular weight excluding hydrogens is 470 g/mol. The average Bonchev–Trinajstić information content (AvgIpc) is 3.44. The summed E-state index contributed by atoms with van der Waals surface area (Å²) >= 11 is 0. The van der Waals surface area contributed by atoms with E-state index in [0.29, 0.717) is 0 Å². The summed E-state index contributed by atoms with van der Waals surface area (Å²) in [7, 11) is 3.36. The first-order chi connectivity index (χ1) is 18.4. The van der Waals surface area contributed by atoms with Gasteiger partial charge in [0.25, 0.3) is 0 Å². The van der Waals surface area contributed by atoms with Gasteiger partial charge in [-0.3, -0.25) is 4.99 Å². The molecule has 0 saturated heterocycles. The Morgan fingerprint density at radius 2 is 1.21 bits per heavy atom. The van der Waals surface area contributed by atoms with Crippen molar-refractivity contribution in [3.05, 3.63) is 119 Å². The predicted molar refractivity (Wildman–Crippen MR) is 157 cm³/mol. The van der Waals surface area contributed by atoms with Crippen LogP contribution in [0.15, 0.2) is 101 Å². The van der Waals surface area contributed by atoms with Crippen molar-refractivity contribution >= 4 is 28.3 Å². The number of nitrogens with one attached hydrogen (secondary N) is 1. The molecular formula is C33H33N3O2. The third-order valence-electron chi connectivity index (χ3n) is 6.80. The number of aromatic amines is 1. The second-order valence-corrected chi connectivity index (χ2v) is 9.59. The number of aryl methyl sites for hydroxylation is 2. The molecule has 1 aliphatic heterocycles. The van der Waals surface area contributed by atoms with Crippen LogP contribution in [0.3, 0.4) is 0 Å². The maximum Gasteiger partial charge on any atom is 0.119 e. The molecule has 0 saturated carbocycles. The Kier molecular flexibility index (Phi) is 6.93. The molecule has 3 aromatic carbocycles. The molecule has 1 N–H and O–H groups in total. The van der Waals surface area contributed by atoms with Crippen LogP contribution >= 0.6 is 0 Å². The Labute approximate surface area is 224 Å². The summed E-state index contributed by atoms with van der Waals surface area (Å²) in [5.74, 6) is 1.64. The Hall–Kier alpha value is -4.51. The number of H-pyrrole nitrogens is 1.